The van der Waals surface area contributed by atoms with Crippen molar-refractivity contribution in [2.45, 2.75) is 186 Å². The van der Waals surface area contributed by atoms with Crippen molar-refractivity contribution in [2.24, 2.45) is 35.5 Å². The van der Waals surface area contributed by atoms with Crippen molar-refractivity contribution >= 4 is 23.4 Å². The predicted octanol–water partition coefficient (Wildman–Crippen LogP) is 5.97. The van der Waals surface area contributed by atoms with Crippen molar-refractivity contribution in [1.29, 1.82) is 0 Å². The number of ketones is 2. The number of esters is 1. The van der Waals surface area contributed by atoms with Gasteiger partial charge < -0.3 is 49.0 Å². The number of allylic oxidation sites excluding steroid dienone is 5. The van der Waals surface area contributed by atoms with Crippen molar-refractivity contribution in [2.75, 3.05) is 27.9 Å². The third-order valence-corrected chi connectivity index (χ3v) is 14.7. The van der Waals surface area contributed by atoms with E-state index in [2.05, 4.69) is 0 Å². The summed E-state index contributed by atoms with van der Waals surface area (Å²) in [6, 6.07) is -1.11. The maximum atomic E-state index is 14.4. The third-order valence-electron chi connectivity index (χ3n) is 14.7. The summed E-state index contributed by atoms with van der Waals surface area (Å²) in [5, 5.41) is 45.7. The van der Waals surface area contributed by atoms with Gasteiger partial charge >= 0.3 is 5.97 Å². The Bertz CT molecular complexity index is 1710. The van der Waals surface area contributed by atoms with Crippen LogP contribution >= 0.6 is 0 Å². The fourth-order valence-electron chi connectivity index (χ4n) is 10.3. The Morgan fingerprint density at radius 2 is 1.54 bits per heavy atom. The van der Waals surface area contributed by atoms with E-state index in [0.29, 0.717) is 63.4 Å². The molecule has 14 heteroatoms. The highest BCUT2D eigenvalue weighted by molar-refractivity contribution is 6.39. The topological polar surface area (TPSA) is 199 Å². The molecule has 16 atom stereocenters. The molecular weight excluding hydrogens is 835 g/mol. The zero-order valence-corrected chi connectivity index (χ0v) is 40.7. The number of amides is 1. The molecule has 4 aliphatic rings. The van der Waals surface area contributed by atoms with E-state index in [9.17, 15) is 39.6 Å². The van der Waals surface area contributed by atoms with E-state index in [1.807, 2.05) is 58.1 Å². The van der Waals surface area contributed by atoms with Crippen LogP contribution in [0.25, 0.3) is 0 Å². The van der Waals surface area contributed by atoms with E-state index in [-0.39, 0.29) is 49.0 Å². The zero-order valence-electron chi connectivity index (χ0n) is 40.7. The molecule has 1 saturated carbocycles. The van der Waals surface area contributed by atoms with E-state index >= 15 is 0 Å². The number of Topliss-reactive ketones (excluding diaryl/α,β-unsaturated/α-hetero) is 2. The number of hydrogen-bond donors (Lipinski definition) is 4. The van der Waals surface area contributed by atoms with Crippen molar-refractivity contribution in [1.82, 2.24) is 4.90 Å². The number of carbonyl (C=O) groups is 4. The molecule has 0 aromatic carbocycles. The Labute approximate surface area is 387 Å². The van der Waals surface area contributed by atoms with Crippen molar-refractivity contribution in [3.63, 3.8) is 0 Å². The Balaban J connectivity index is 1.70. The van der Waals surface area contributed by atoms with E-state index in [1.54, 1.807) is 41.1 Å². The number of rotatable bonds is 6. The number of hydrogen-bond acceptors (Lipinski definition) is 13. The molecule has 4 rings (SSSR count). The van der Waals surface area contributed by atoms with Gasteiger partial charge in [-0.3, -0.25) is 14.4 Å². The zero-order chi connectivity index (χ0) is 48.2. The van der Waals surface area contributed by atoms with Crippen LogP contribution in [0.1, 0.15) is 126 Å². The molecule has 3 aliphatic heterocycles. The van der Waals surface area contributed by atoms with Crippen molar-refractivity contribution in [3.8, 4) is 0 Å². The van der Waals surface area contributed by atoms with Crippen LogP contribution in [0.15, 0.2) is 47.6 Å². The molecule has 1 aliphatic carbocycles. The SMILES string of the molecule is CO[C@H]1C[C@@H]2CC[C@@H](C)[C@@](O)(O2)C(=O)C(=O)N2CCCC[C@H]2C(=O)OC([C@H](C)C[C@H]2CC[C@@H](O)[C@H](OC)C2)C[C@@H](O)[C@H](C)/C=C(\C)[C@@H](O)[C@@H](OC)C(=O)[C@H](C)C[C@H](C)/C=C/C=C/C=C/1C. The summed E-state index contributed by atoms with van der Waals surface area (Å²) in [4.78, 5) is 57.8. The summed E-state index contributed by atoms with van der Waals surface area (Å²) in [7, 11) is 4.55. The second-order valence-corrected chi connectivity index (χ2v) is 19.8. The number of ether oxygens (including phenoxy) is 5. The Kier molecular flexibility index (Phi) is 21.3. The van der Waals surface area contributed by atoms with Crippen LogP contribution in [0, 0.1) is 35.5 Å². The molecule has 0 aromatic rings. The van der Waals surface area contributed by atoms with Gasteiger partial charge in [0.2, 0.25) is 5.79 Å². The van der Waals surface area contributed by atoms with Crippen LogP contribution in [0.5, 0.6) is 0 Å². The largest absolute Gasteiger partial charge is 0.460 e. The number of carbonyl (C=O) groups excluding carboxylic acids is 4. The van der Waals surface area contributed by atoms with Gasteiger partial charge in [0.05, 0.1) is 30.5 Å². The van der Waals surface area contributed by atoms with Crippen molar-refractivity contribution < 1.29 is 63.3 Å². The molecule has 1 unspecified atom stereocenters. The molecule has 2 saturated heterocycles. The number of piperidine rings is 1. The Hall–Kier alpha value is -3.08. The minimum Gasteiger partial charge on any atom is -0.460 e. The van der Waals surface area contributed by atoms with Gasteiger partial charge in [0.25, 0.3) is 11.7 Å². The lowest BCUT2D eigenvalue weighted by Crippen LogP contribution is -2.61. The summed E-state index contributed by atoms with van der Waals surface area (Å²) in [5.41, 5.74) is 1.33. The normalized spacial score (nSPS) is 41.5. The number of methoxy groups -OCH3 is 3. The lowest BCUT2D eigenvalue weighted by atomic mass is 9.78. The molecular formula is C51H81NO13. The number of aliphatic hydroxyl groups excluding tert-OH is 3. The minimum atomic E-state index is -2.42. The van der Waals surface area contributed by atoms with Crippen LogP contribution in [-0.2, 0) is 42.9 Å². The second kappa shape index (κ2) is 25.3. The summed E-state index contributed by atoms with van der Waals surface area (Å²) >= 11 is 0. The summed E-state index contributed by atoms with van der Waals surface area (Å²) in [5.74, 6) is -7.26. The van der Waals surface area contributed by atoms with Crippen LogP contribution in [0.2, 0.25) is 0 Å². The molecule has 2 bridgehead atoms. The first-order valence-electron chi connectivity index (χ1n) is 24.1. The molecule has 0 aromatic heterocycles. The lowest BCUT2D eigenvalue weighted by molar-refractivity contribution is -0.265. The van der Waals surface area contributed by atoms with Crippen LogP contribution in [-0.4, -0.2) is 137 Å². The first-order chi connectivity index (χ1) is 30.7. The molecule has 65 heavy (non-hydrogen) atoms. The molecule has 3 heterocycles. The van der Waals surface area contributed by atoms with E-state index in [4.69, 9.17) is 23.7 Å². The van der Waals surface area contributed by atoms with Gasteiger partial charge in [-0.2, -0.15) is 0 Å². The third kappa shape index (κ3) is 14.5. The van der Waals surface area contributed by atoms with Gasteiger partial charge in [-0.25, -0.2) is 4.79 Å². The Morgan fingerprint density at radius 1 is 0.815 bits per heavy atom. The monoisotopic (exact) mass is 916 g/mol. The summed E-state index contributed by atoms with van der Waals surface area (Å²) in [6.45, 7) is 13.0. The number of nitrogens with zero attached hydrogens (tertiary/aromatic N) is 1. The smallest absolute Gasteiger partial charge is 0.329 e. The Morgan fingerprint density at radius 3 is 2.22 bits per heavy atom. The van der Waals surface area contributed by atoms with E-state index in [1.165, 1.54) is 12.0 Å². The van der Waals surface area contributed by atoms with Crippen LogP contribution in [0.4, 0.5) is 0 Å². The highest BCUT2D eigenvalue weighted by Gasteiger charge is 2.53. The highest BCUT2D eigenvalue weighted by atomic mass is 16.6. The average molecular weight is 916 g/mol. The first-order valence-corrected chi connectivity index (χ1v) is 24.1. The average Bonchev–Trinajstić information content (AvgIpc) is 3.28. The molecule has 368 valence electrons. The second-order valence-electron chi connectivity index (χ2n) is 19.8. The molecule has 0 spiro atoms. The minimum absolute atomic E-state index is 0.0183. The summed E-state index contributed by atoms with van der Waals surface area (Å²) in [6.07, 6.45) is 10.9. The number of aliphatic hydroxyl groups is 4. The fraction of sp³-hybridized carbons (Fsp3) is 0.765. The number of cyclic esters (lactones) is 1. The van der Waals surface area contributed by atoms with E-state index < -0.39 is 90.0 Å². The van der Waals surface area contributed by atoms with E-state index in [0.717, 1.165) is 12.0 Å². The van der Waals surface area contributed by atoms with Crippen LogP contribution < -0.4 is 0 Å². The van der Waals surface area contributed by atoms with Gasteiger partial charge in [-0.1, -0.05) is 71.1 Å². The lowest BCUT2D eigenvalue weighted by Gasteiger charge is -2.43. The highest BCUT2D eigenvalue weighted by Crippen LogP contribution is 2.38. The first kappa shape index (κ1) is 54.5. The molecule has 14 nitrogen and oxygen atoms in total. The standard InChI is InChI=1S/C51H81NO13/c1-30-16-12-11-13-17-31(2)42(61-8)28-38-21-19-36(7)51(60,65-38)48(57)49(58)52-23-15-14-18-39(52)50(59)64-43(33(4)26-37-20-22-40(53)44(27-37)62-9)29-41(54)32(3)25-35(6)46(56)47(63-10)45(55)34(5)24-30/h11-13,16-17,25,30,32-34,36-44,46-47,53-54,56,60H,14-15,18-24,26-29H2,1-10H3/b13-11+,16-12+,31-17+,35-25+/t30-,32-,33-,34-,36-,37-,38+,39+,40-,41-,42+,43?,44-,46-,47+,51-/m1/s1. The molecule has 0 radical (unpaired) electrons. The van der Waals surface area contributed by atoms with Crippen molar-refractivity contribution in [3.05, 3.63) is 47.6 Å². The predicted molar refractivity (Wildman–Crippen MR) is 246 cm³/mol. The van der Waals surface area contributed by atoms with Crippen LogP contribution in [0.3, 0.4) is 0 Å². The van der Waals surface area contributed by atoms with Gasteiger partial charge in [0.1, 0.15) is 24.4 Å². The number of fused-ring (bicyclic) bond motifs is 3. The van der Waals surface area contributed by atoms with Gasteiger partial charge in [-0.05, 0) is 107 Å². The maximum absolute atomic E-state index is 14.4. The van der Waals surface area contributed by atoms with Gasteiger partial charge in [-0.15, -0.1) is 0 Å². The molecule has 3 fully saturated rings. The molecule has 4 N–H and O–H groups in total. The van der Waals surface area contributed by atoms with Gasteiger partial charge in [0, 0.05) is 58.5 Å². The molecule has 1 amide bonds. The fourth-order valence-corrected chi connectivity index (χ4v) is 10.3. The van der Waals surface area contributed by atoms with Gasteiger partial charge in [0.15, 0.2) is 5.78 Å². The summed E-state index contributed by atoms with van der Waals surface area (Å²) < 4.78 is 29.5. The quantitative estimate of drug-likeness (QED) is 0.138. The maximum Gasteiger partial charge on any atom is 0.329 e.